The minimum atomic E-state index is 1.06. The molecule has 1 fully saturated rings. The van der Waals surface area contributed by atoms with Gasteiger partial charge in [-0.3, -0.25) is 0 Å². The van der Waals surface area contributed by atoms with Crippen LogP contribution in [0.15, 0.2) is 29.4 Å². The van der Waals surface area contributed by atoms with E-state index in [1.165, 1.54) is 63.9 Å². The van der Waals surface area contributed by atoms with E-state index in [1.54, 1.807) is 0 Å². The summed E-state index contributed by atoms with van der Waals surface area (Å²) in [7, 11) is 0. The average Bonchev–Trinajstić information content (AvgIpc) is 2.94. The highest BCUT2D eigenvalue weighted by atomic mass is 32.2. The van der Waals surface area contributed by atoms with Gasteiger partial charge < -0.3 is 9.88 Å². The van der Waals surface area contributed by atoms with E-state index < -0.39 is 0 Å². The summed E-state index contributed by atoms with van der Waals surface area (Å²) in [5, 5.41) is 1.06. The Morgan fingerprint density at radius 3 is 2.76 bits per heavy atom. The Labute approximate surface area is 131 Å². The van der Waals surface area contributed by atoms with Crippen LogP contribution in [0.4, 0.5) is 0 Å². The summed E-state index contributed by atoms with van der Waals surface area (Å²) in [6, 6.07) is 8.24. The van der Waals surface area contributed by atoms with Crippen LogP contribution in [-0.4, -0.2) is 40.3 Å². The summed E-state index contributed by atoms with van der Waals surface area (Å²) in [5.41, 5.74) is 2.22. The summed E-state index contributed by atoms with van der Waals surface area (Å²) in [6.45, 7) is 3.96. The molecule has 114 valence electrons. The van der Waals surface area contributed by atoms with E-state index in [-0.39, 0.29) is 0 Å². The third kappa shape index (κ3) is 4.48. The number of para-hydroxylation sites is 2. The van der Waals surface area contributed by atoms with Crippen molar-refractivity contribution >= 4 is 22.8 Å². The number of unbranched alkanes of at least 4 members (excludes halogenated alkanes) is 2. The molecule has 1 N–H and O–H groups in total. The molecule has 0 atom stereocenters. The van der Waals surface area contributed by atoms with Crippen molar-refractivity contribution < 1.29 is 0 Å². The number of piperidine rings is 1. The van der Waals surface area contributed by atoms with E-state index >= 15 is 0 Å². The van der Waals surface area contributed by atoms with E-state index in [2.05, 4.69) is 33.1 Å². The number of aromatic amines is 1. The Morgan fingerprint density at radius 2 is 1.90 bits per heavy atom. The topological polar surface area (TPSA) is 31.9 Å². The molecule has 3 nitrogen and oxygen atoms in total. The normalized spacial score (nSPS) is 16.6. The zero-order valence-electron chi connectivity index (χ0n) is 12.7. The minimum absolute atomic E-state index is 1.06. The zero-order valence-corrected chi connectivity index (χ0v) is 13.5. The number of likely N-dealkylation sites (tertiary alicyclic amines) is 1. The third-order valence-electron chi connectivity index (χ3n) is 4.17. The van der Waals surface area contributed by atoms with Crippen LogP contribution in [0.5, 0.6) is 0 Å². The molecule has 1 aromatic carbocycles. The Balaban J connectivity index is 1.31. The van der Waals surface area contributed by atoms with Gasteiger partial charge >= 0.3 is 0 Å². The molecule has 21 heavy (non-hydrogen) atoms. The molecule has 1 aromatic heterocycles. The lowest BCUT2D eigenvalue weighted by Crippen LogP contribution is -2.30. The molecular weight excluding hydrogens is 278 g/mol. The highest BCUT2D eigenvalue weighted by molar-refractivity contribution is 7.99. The van der Waals surface area contributed by atoms with E-state index in [0.717, 1.165) is 16.2 Å². The Morgan fingerprint density at radius 1 is 1.05 bits per heavy atom. The molecule has 0 bridgehead atoms. The van der Waals surface area contributed by atoms with E-state index in [0.29, 0.717) is 0 Å². The van der Waals surface area contributed by atoms with Gasteiger partial charge in [0.2, 0.25) is 0 Å². The number of nitrogens with zero attached hydrogens (tertiary/aromatic N) is 2. The van der Waals surface area contributed by atoms with E-state index in [4.69, 9.17) is 0 Å². The van der Waals surface area contributed by atoms with E-state index in [1.807, 2.05) is 17.8 Å². The number of benzene rings is 1. The van der Waals surface area contributed by atoms with Crippen LogP contribution >= 0.6 is 11.8 Å². The number of hydrogen-bond donors (Lipinski definition) is 1. The first-order valence-corrected chi connectivity index (χ1v) is 9.20. The van der Waals surface area contributed by atoms with Crippen molar-refractivity contribution in [2.75, 3.05) is 25.4 Å². The fraction of sp³-hybridized carbons (Fsp3) is 0.588. The standard InChI is InChI=1S/C17H25N3S/c1-5-11-20(12-6-1)13-7-2-8-14-21-17-18-15-9-3-4-10-16(15)19-17/h3-4,9-10H,1-2,5-8,11-14H2,(H,18,19). The number of fused-ring (bicyclic) bond motifs is 1. The maximum atomic E-state index is 4.60. The number of thioether (sulfide) groups is 1. The number of H-pyrrole nitrogens is 1. The van der Waals surface area contributed by atoms with Gasteiger partial charge in [0.15, 0.2) is 5.16 Å². The molecule has 2 aromatic rings. The lowest BCUT2D eigenvalue weighted by atomic mass is 10.1. The summed E-state index contributed by atoms with van der Waals surface area (Å²) in [6.07, 6.45) is 8.22. The molecule has 1 aliphatic heterocycles. The second-order valence-electron chi connectivity index (χ2n) is 5.87. The van der Waals surface area contributed by atoms with Crippen molar-refractivity contribution in [3.05, 3.63) is 24.3 Å². The van der Waals surface area contributed by atoms with Crippen molar-refractivity contribution in [2.24, 2.45) is 0 Å². The molecule has 0 radical (unpaired) electrons. The monoisotopic (exact) mass is 303 g/mol. The number of nitrogens with one attached hydrogen (secondary N) is 1. The molecule has 0 unspecified atom stereocenters. The second-order valence-corrected chi connectivity index (χ2v) is 6.95. The van der Waals surface area contributed by atoms with Gasteiger partial charge in [-0.1, -0.05) is 36.7 Å². The third-order valence-corrected chi connectivity index (χ3v) is 5.13. The smallest absolute Gasteiger partial charge is 0.166 e. The van der Waals surface area contributed by atoms with Crippen molar-refractivity contribution in [3.8, 4) is 0 Å². The fourth-order valence-corrected chi connectivity index (χ4v) is 3.85. The first kappa shape index (κ1) is 14.9. The fourth-order valence-electron chi connectivity index (χ4n) is 2.96. The molecule has 0 saturated carbocycles. The SMILES string of the molecule is c1ccc2[nH]c(SCCCCCN3CCCCC3)nc2c1. The van der Waals surface area contributed by atoms with Gasteiger partial charge in [-0.2, -0.15) is 0 Å². The number of rotatable bonds is 7. The lowest BCUT2D eigenvalue weighted by molar-refractivity contribution is 0.224. The van der Waals surface area contributed by atoms with Gasteiger partial charge in [-0.05, 0) is 57.5 Å². The van der Waals surface area contributed by atoms with Crippen LogP contribution in [-0.2, 0) is 0 Å². The van der Waals surface area contributed by atoms with Crippen LogP contribution < -0.4 is 0 Å². The number of aromatic nitrogens is 2. The van der Waals surface area contributed by atoms with Gasteiger partial charge in [-0.25, -0.2) is 4.98 Å². The van der Waals surface area contributed by atoms with Crippen molar-refractivity contribution in [2.45, 2.75) is 43.7 Å². The molecule has 0 spiro atoms. The van der Waals surface area contributed by atoms with Crippen molar-refractivity contribution in [1.82, 2.24) is 14.9 Å². The maximum Gasteiger partial charge on any atom is 0.166 e. The molecule has 1 aliphatic rings. The Kier molecular flexibility index (Phi) is 5.58. The number of hydrogen-bond acceptors (Lipinski definition) is 3. The Hall–Kier alpha value is -1.00. The molecule has 0 aliphatic carbocycles. The Bertz CT molecular complexity index is 513. The molecule has 1 saturated heterocycles. The van der Waals surface area contributed by atoms with Crippen LogP contribution in [0.3, 0.4) is 0 Å². The summed E-state index contributed by atoms with van der Waals surface area (Å²) in [5.74, 6) is 1.17. The summed E-state index contributed by atoms with van der Waals surface area (Å²) in [4.78, 5) is 10.6. The first-order valence-electron chi connectivity index (χ1n) is 8.22. The maximum absolute atomic E-state index is 4.60. The van der Waals surface area contributed by atoms with Gasteiger partial charge in [0.1, 0.15) is 0 Å². The van der Waals surface area contributed by atoms with E-state index in [9.17, 15) is 0 Å². The predicted molar refractivity (Wildman–Crippen MR) is 91.0 cm³/mol. The largest absolute Gasteiger partial charge is 0.333 e. The first-order chi connectivity index (χ1) is 10.4. The van der Waals surface area contributed by atoms with Crippen LogP contribution in [0.25, 0.3) is 11.0 Å². The second kappa shape index (κ2) is 7.85. The van der Waals surface area contributed by atoms with Crippen LogP contribution in [0.2, 0.25) is 0 Å². The average molecular weight is 303 g/mol. The van der Waals surface area contributed by atoms with Crippen LogP contribution in [0, 0.1) is 0 Å². The van der Waals surface area contributed by atoms with Gasteiger partial charge in [0.25, 0.3) is 0 Å². The lowest BCUT2D eigenvalue weighted by Gasteiger charge is -2.26. The quantitative estimate of drug-likeness (QED) is 0.611. The molecule has 4 heteroatoms. The predicted octanol–water partition coefficient (Wildman–Crippen LogP) is 4.31. The molecule has 3 rings (SSSR count). The number of imidazole rings is 1. The van der Waals surface area contributed by atoms with Gasteiger partial charge in [0.05, 0.1) is 11.0 Å². The summed E-state index contributed by atoms with van der Waals surface area (Å²) >= 11 is 1.85. The minimum Gasteiger partial charge on any atom is -0.333 e. The summed E-state index contributed by atoms with van der Waals surface area (Å²) < 4.78 is 0. The highest BCUT2D eigenvalue weighted by Gasteiger charge is 2.08. The van der Waals surface area contributed by atoms with Crippen LogP contribution in [0.1, 0.15) is 38.5 Å². The highest BCUT2D eigenvalue weighted by Crippen LogP contribution is 2.20. The molecule has 2 heterocycles. The van der Waals surface area contributed by atoms with Crippen molar-refractivity contribution in [1.29, 1.82) is 0 Å². The van der Waals surface area contributed by atoms with Gasteiger partial charge in [0, 0.05) is 5.75 Å². The molecule has 0 amide bonds. The zero-order chi connectivity index (χ0) is 14.3. The van der Waals surface area contributed by atoms with Crippen molar-refractivity contribution in [3.63, 3.8) is 0 Å². The molecular formula is C17H25N3S. The van der Waals surface area contributed by atoms with Gasteiger partial charge in [-0.15, -0.1) is 0 Å².